The molecule has 7 nitrogen and oxygen atoms in total. The van der Waals surface area contributed by atoms with Gasteiger partial charge in [0.25, 0.3) is 5.89 Å². The average Bonchev–Trinajstić information content (AvgIpc) is 3.43. The van der Waals surface area contributed by atoms with Crippen molar-refractivity contribution in [2.24, 2.45) is 11.8 Å². The Kier molecular flexibility index (Phi) is 7.34. The van der Waals surface area contributed by atoms with Crippen LogP contribution in [0.2, 0.25) is 0 Å². The van der Waals surface area contributed by atoms with Crippen LogP contribution in [-0.4, -0.2) is 30.5 Å². The summed E-state index contributed by atoms with van der Waals surface area (Å²) in [4.78, 5) is 18.8. The second kappa shape index (κ2) is 10.1. The van der Waals surface area contributed by atoms with Crippen LogP contribution in [-0.2, 0) is 4.79 Å². The maximum Gasteiger partial charge on any atom is 0.266 e. The molecule has 156 valence electrons. The number of rotatable bonds is 9. The minimum Gasteiger partial charge on any atom is -0.459 e. The summed E-state index contributed by atoms with van der Waals surface area (Å²) in [5, 5.41) is 12.6. The van der Waals surface area contributed by atoms with Crippen molar-refractivity contribution in [2.75, 3.05) is 24.5 Å². The fourth-order valence-corrected chi connectivity index (χ4v) is 3.78. The molecule has 0 saturated carbocycles. The lowest BCUT2D eigenvalue weighted by atomic mass is 9.94. The summed E-state index contributed by atoms with van der Waals surface area (Å²) < 4.78 is 11.1. The number of nitrogens with zero attached hydrogens (tertiary/aromatic N) is 3. The molecule has 1 aliphatic rings. The third-order valence-corrected chi connectivity index (χ3v) is 5.71. The van der Waals surface area contributed by atoms with Crippen LogP contribution in [0.15, 0.2) is 27.2 Å². The number of carbonyl (C=O) groups excluding carboxylic acids is 1. The van der Waals surface area contributed by atoms with Crippen LogP contribution in [0.4, 0.5) is 5.88 Å². The Labute approximate surface area is 172 Å². The normalized spacial score (nSPS) is 15.8. The molecule has 0 aliphatic carbocycles. The van der Waals surface area contributed by atoms with Gasteiger partial charge in [0.2, 0.25) is 17.5 Å². The van der Waals surface area contributed by atoms with E-state index < -0.39 is 0 Å². The first kappa shape index (κ1) is 21.0. The number of hydrogen-bond donors (Lipinski definition) is 1. The SMILES string of the molecule is CCCCC(CC)CNC(=O)C1CCN(c2oc(-c3ccco3)nc2C#N)CC1. The predicted molar refractivity (Wildman–Crippen MR) is 110 cm³/mol. The number of anilines is 1. The topological polar surface area (TPSA) is 95.3 Å². The van der Waals surface area contributed by atoms with E-state index in [2.05, 4.69) is 30.2 Å². The molecule has 1 N–H and O–H groups in total. The molecule has 2 aromatic rings. The number of unbranched alkanes of at least 4 members (excludes halogenated alkanes) is 1. The molecule has 0 spiro atoms. The van der Waals surface area contributed by atoms with E-state index in [1.807, 2.05) is 4.90 Å². The Hall–Kier alpha value is -2.75. The summed E-state index contributed by atoms with van der Waals surface area (Å²) in [5.41, 5.74) is 0.251. The van der Waals surface area contributed by atoms with E-state index in [1.165, 1.54) is 19.3 Å². The number of oxazole rings is 1. The highest BCUT2D eigenvalue weighted by Gasteiger charge is 2.29. The molecule has 3 rings (SSSR count). The van der Waals surface area contributed by atoms with Crippen LogP contribution in [0, 0.1) is 23.2 Å². The highest BCUT2D eigenvalue weighted by Crippen LogP contribution is 2.31. The van der Waals surface area contributed by atoms with Gasteiger partial charge < -0.3 is 19.1 Å². The minimum absolute atomic E-state index is 0.00734. The Morgan fingerprint density at radius 3 is 2.83 bits per heavy atom. The molecule has 1 aliphatic heterocycles. The van der Waals surface area contributed by atoms with Gasteiger partial charge in [-0.3, -0.25) is 4.79 Å². The molecule has 29 heavy (non-hydrogen) atoms. The largest absolute Gasteiger partial charge is 0.459 e. The van der Waals surface area contributed by atoms with Gasteiger partial charge in [-0.05, 0) is 37.3 Å². The Morgan fingerprint density at radius 1 is 1.41 bits per heavy atom. The van der Waals surface area contributed by atoms with Crippen LogP contribution < -0.4 is 10.2 Å². The Bertz CT molecular complexity index is 814. The first-order valence-corrected chi connectivity index (χ1v) is 10.6. The maximum absolute atomic E-state index is 12.6. The van der Waals surface area contributed by atoms with Crippen molar-refractivity contribution in [1.29, 1.82) is 5.26 Å². The molecule has 0 radical (unpaired) electrons. The molecular weight excluding hydrogens is 368 g/mol. The zero-order chi connectivity index (χ0) is 20.6. The first-order chi connectivity index (χ1) is 14.2. The van der Waals surface area contributed by atoms with E-state index in [4.69, 9.17) is 8.83 Å². The van der Waals surface area contributed by atoms with E-state index in [9.17, 15) is 10.1 Å². The molecule has 7 heteroatoms. The van der Waals surface area contributed by atoms with Crippen LogP contribution in [0.25, 0.3) is 11.7 Å². The lowest BCUT2D eigenvalue weighted by Gasteiger charge is -2.31. The third kappa shape index (κ3) is 5.20. The Morgan fingerprint density at radius 2 is 2.21 bits per heavy atom. The van der Waals surface area contributed by atoms with Gasteiger partial charge in [-0.1, -0.05) is 33.1 Å². The van der Waals surface area contributed by atoms with Gasteiger partial charge in [0.1, 0.15) is 6.07 Å². The second-order valence-corrected chi connectivity index (χ2v) is 7.68. The van der Waals surface area contributed by atoms with Crippen molar-refractivity contribution in [3.05, 3.63) is 24.1 Å². The predicted octanol–water partition coefficient (Wildman–Crippen LogP) is 4.36. The molecule has 0 bridgehead atoms. The van der Waals surface area contributed by atoms with Gasteiger partial charge in [-0.2, -0.15) is 10.2 Å². The standard InChI is InChI=1S/C22H30N4O3/c1-3-5-7-16(4-2)15-24-20(27)17-9-11-26(12-10-17)22-18(14-23)25-21(29-22)19-8-6-13-28-19/h6,8,13,16-17H,3-5,7,9-12,15H2,1-2H3,(H,24,27). The van der Waals surface area contributed by atoms with Gasteiger partial charge in [0.15, 0.2) is 5.76 Å². The summed E-state index contributed by atoms with van der Waals surface area (Å²) in [7, 11) is 0. The smallest absolute Gasteiger partial charge is 0.266 e. The summed E-state index contributed by atoms with van der Waals surface area (Å²) in [5.74, 6) is 1.98. The highest BCUT2D eigenvalue weighted by atomic mass is 16.4. The van der Waals surface area contributed by atoms with E-state index >= 15 is 0 Å². The average molecular weight is 399 g/mol. The van der Waals surface area contributed by atoms with Gasteiger partial charge in [0.05, 0.1) is 6.26 Å². The number of hydrogen-bond acceptors (Lipinski definition) is 6. The van der Waals surface area contributed by atoms with Crippen LogP contribution in [0.5, 0.6) is 0 Å². The third-order valence-electron chi connectivity index (χ3n) is 5.71. The second-order valence-electron chi connectivity index (χ2n) is 7.68. The number of aromatic nitrogens is 1. The zero-order valence-electron chi connectivity index (χ0n) is 17.3. The van der Waals surface area contributed by atoms with Crippen LogP contribution >= 0.6 is 0 Å². The van der Waals surface area contributed by atoms with Crippen molar-refractivity contribution >= 4 is 11.8 Å². The monoisotopic (exact) mass is 398 g/mol. The highest BCUT2D eigenvalue weighted by molar-refractivity contribution is 5.79. The number of furan rings is 1. The van der Waals surface area contributed by atoms with Gasteiger partial charge >= 0.3 is 0 Å². The minimum atomic E-state index is 0.00734. The molecule has 2 aromatic heterocycles. The van der Waals surface area contributed by atoms with Crippen molar-refractivity contribution in [3.63, 3.8) is 0 Å². The van der Waals surface area contributed by atoms with Crippen molar-refractivity contribution in [3.8, 4) is 17.7 Å². The van der Waals surface area contributed by atoms with Crippen molar-refractivity contribution in [1.82, 2.24) is 10.3 Å². The van der Waals surface area contributed by atoms with E-state index in [0.29, 0.717) is 36.5 Å². The number of nitrogens with one attached hydrogen (secondary N) is 1. The number of nitriles is 1. The molecule has 3 heterocycles. The van der Waals surface area contributed by atoms with Crippen molar-refractivity contribution < 1.29 is 13.6 Å². The number of carbonyl (C=O) groups is 1. The maximum atomic E-state index is 12.6. The van der Waals surface area contributed by atoms with Crippen molar-refractivity contribution in [2.45, 2.75) is 52.4 Å². The summed E-state index contributed by atoms with van der Waals surface area (Å²) in [6.45, 7) is 6.47. The molecular formula is C22H30N4O3. The first-order valence-electron chi connectivity index (χ1n) is 10.6. The quantitative estimate of drug-likeness (QED) is 0.674. The molecule has 1 atom stereocenters. The van der Waals surface area contributed by atoms with E-state index in [-0.39, 0.29) is 17.5 Å². The van der Waals surface area contributed by atoms with Gasteiger partial charge in [0, 0.05) is 25.6 Å². The molecule has 1 saturated heterocycles. The van der Waals surface area contributed by atoms with E-state index in [1.54, 1.807) is 18.4 Å². The fraction of sp³-hybridized carbons (Fsp3) is 0.591. The molecule has 0 aromatic carbocycles. The summed E-state index contributed by atoms with van der Waals surface area (Å²) in [6.07, 6.45) is 7.69. The molecule has 1 fully saturated rings. The summed E-state index contributed by atoms with van der Waals surface area (Å²) in [6, 6.07) is 5.60. The van der Waals surface area contributed by atoms with Gasteiger partial charge in [-0.15, -0.1) is 0 Å². The lowest BCUT2D eigenvalue weighted by Crippen LogP contribution is -2.41. The molecule has 1 amide bonds. The summed E-state index contributed by atoms with van der Waals surface area (Å²) >= 11 is 0. The van der Waals surface area contributed by atoms with Crippen LogP contribution in [0.3, 0.4) is 0 Å². The fourth-order valence-electron chi connectivity index (χ4n) is 3.78. The molecule has 1 unspecified atom stereocenters. The van der Waals surface area contributed by atoms with E-state index in [0.717, 1.165) is 25.8 Å². The Balaban J connectivity index is 1.54. The van der Waals surface area contributed by atoms with Gasteiger partial charge in [-0.25, -0.2) is 0 Å². The number of amides is 1. The number of piperidine rings is 1. The zero-order valence-corrected chi connectivity index (χ0v) is 17.3. The lowest BCUT2D eigenvalue weighted by molar-refractivity contribution is -0.125. The van der Waals surface area contributed by atoms with Crippen LogP contribution in [0.1, 0.15) is 58.1 Å².